The Balaban J connectivity index is 1.47. The number of nitrogens with one attached hydrogen (secondary N) is 1. The van der Waals surface area contributed by atoms with Gasteiger partial charge >= 0.3 is 0 Å². The molecule has 4 rings (SSSR count). The fourth-order valence-corrected chi connectivity index (χ4v) is 5.65. The van der Waals surface area contributed by atoms with Crippen LogP contribution in [0.4, 0.5) is 0 Å². The molecular weight excluding hydrogens is 404 g/mol. The molecule has 5 nitrogen and oxygen atoms in total. The highest BCUT2D eigenvalue weighted by molar-refractivity contribution is 7.91. The van der Waals surface area contributed by atoms with Crippen molar-refractivity contribution in [2.45, 2.75) is 42.4 Å². The molecule has 0 radical (unpaired) electrons. The molecule has 1 fully saturated rings. The van der Waals surface area contributed by atoms with Crippen molar-refractivity contribution in [1.82, 2.24) is 9.71 Å². The molecule has 1 aliphatic rings. The molecule has 0 saturated heterocycles. The van der Waals surface area contributed by atoms with E-state index in [2.05, 4.69) is 9.71 Å². The molecule has 8 heteroatoms. The third-order valence-corrected chi connectivity index (χ3v) is 7.94. The Kier molecular flexibility index (Phi) is 5.36. The summed E-state index contributed by atoms with van der Waals surface area (Å²) in [6, 6.07) is 10.4. The molecule has 1 N–H and O–H groups in total. The molecule has 2 heterocycles. The Labute approximate surface area is 167 Å². The van der Waals surface area contributed by atoms with E-state index in [1.807, 2.05) is 0 Å². The number of rotatable bonds is 6. The summed E-state index contributed by atoms with van der Waals surface area (Å²) in [4.78, 5) is 5.16. The van der Waals surface area contributed by atoms with Gasteiger partial charge in [-0.1, -0.05) is 36.6 Å². The number of thiophene rings is 1. The van der Waals surface area contributed by atoms with Gasteiger partial charge in [-0.25, -0.2) is 18.1 Å². The summed E-state index contributed by atoms with van der Waals surface area (Å²) in [5.74, 6) is 1.78. The largest absolute Gasteiger partial charge is 0.440 e. The third kappa shape index (κ3) is 4.27. The van der Waals surface area contributed by atoms with Crippen molar-refractivity contribution < 1.29 is 12.8 Å². The zero-order valence-electron chi connectivity index (χ0n) is 14.5. The van der Waals surface area contributed by atoms with Crippen LogP contribution in [0.15, 0.2) is 51.2 Å². The predicted octanol–water partition coefficient (Wildman–Crippen LogP) is 5.19. The molecule has 0 bridgehead atoms. The lowest BCUT2D eigenvalue weighted by atomic mass is 10.1. The Bertz CT molecular complexity index is 1020. The van der Waals surface area contributed by atoms with Crippen LogP contribution in [0.25, 0.3) is 10.6 Å². The minimum absolute atomic E-state index is 0.209. The predicted molar refractivity (Wildman–Crippen MR) is 107 cm³/mol. The highest BCUT2D eigenvalue weighted by Gasteiger charge is 2.23. The summed E-state index contributed by atoms with van der Waals surface area (Å²) in [6.45, 7) is 0.209. The molecule has 3 aromatic rings. The number of nitrogens with zero attached hydrogens (tertiary/aromatic N) is 1. The van der Waals surface area contributed by atoms with E-state index < -0.39 is 10.0 Å². The van der Waals surface area contributed by atoms with Gasteiger partial charge in [0.25, 0.3) is 0 Å². The van der Waals surface area contributed by atoms with E-state index in [9.17, 15) is 8.42 Å². The number of halogens is 1. The van der Waals surface area contributed by atoms with Gasteiger partial charge in [0, 0.05) is 17.5 Å². The average molecular weight is 423 g/mol. The quantitative estimate of drug-likeness (QED) is 0.593. The van der Waals surface area contributed by atoms with Crippen molar-refractivity contribution in [3.05, 3.63) is 59.1 Å². The van der Waals surface area contributed by atoms with Gasteiger partial charge in [0.2, 0.25) is 10.0 Å². The zero-order valence-corrected chi connectivity index (χ0v) is 16.9. The smallest absolute Gasteiger partial charge is 0.250 e. The molecule has 0 atom stereocenters. The van der Waals surface area contributed by atoms with Crippen molar-refractivity contribution in [3.63, 3.8) is 0 Å². The lowest BCUT2D eigenvalue weighted by molar-refractivity contribution is 0.458. The van der Waals surface area contributed by atoms with Gasteiger partial charge < -0.3 is 4.42 Å². The molecule has 142 valence electrons. The molecule has 1 aromatic carbocycles. The van der Waals surface area contributed by atoms with Gasteiger partial charge in [0.05, 0.1) is 11.1 Å². The van der Waals surface area contributed by atoms with Crippen LogP contribution in [-0.4, -0.2) is 13.4 Å². The molecule has 0 aliphatic heterocycles. The van der Waals surface area contributed by atoms with Crippen LogP contribution >= 0.6 is 22.9 Å². The highest BCUT2D eigenvalue weighted by Crippen LogP contribution is 2.37. The number of aromatic nitrogens is 1. The van der Waals surface area contributed by atoms with Gasteiger partial charge in [-0.3, -0.25) is 0 Å². The fraction of sp³-hybridized carbons (Fsp3) is 0.316. The summed E-state index contributed by atoms with van der Waals surface area (Å²) in [5, 5.41) is 0.619. The zero-order chi connectivity index (χ0) is 18.9. The summed E-state index contributed by atoms with van der Waals surface area (Å²) in [7, 11) is -3.59. The third-order valence-electron chi connectivity index (χ3n) is 4.70. The second-order valence-corrected chi connectivity index (χ2v) is 10.1. The van der Waals surface area contributed by atoms with Crippen LogP contribution in [-0.2, 0) is 16.6 Å². The Morgan fingerprint density at radius 3 is 2.63 bits per heavy atom. The summed E-state index contributed by atoms with van der Waals surface area (Å²) in [5.41, 5.74) is 0.844. The van der Waals surface area contributed by atoms with E-state index >= 15 is 0 Å². The fourth-order valence-electron chi connectivity index (χ4n) is 3.21. The molecule has 27 heavy (non-hydrogen) atoms. The van der Waals surface area contributed by atoms with Crippen molar-refractivity contribution in [3.8, 4) is 10.6 Å². The second kappa shape index (κ2) is 7.75. The molecular formula is C19H19ClN2O3S2. The van der Waals surface area contributed by atoms with E-state index in [0.717, 1.165) is 29.2 Å². The SMILES string of the molecule is O=S(=O)(NCc1ccc(Cl)cc1)c1ccc(-c2cnc(C3CCCC3)o2)s1. The molecule has 2 aromatic heterocycles. The minimum atomic E-state index is -3.59. The number of benzene rings is 1. The Hall–Kier alpha value is -1.67. The van der Waals surface area contributed by atoms with Crippen molar-refractivity contribution in [2.75, 3.05) is 0 Å². The molecule has 0 spiro atoms. The van der Waals surface area contributed by atoms with E-state index in [1.54, 1.807) is 42.6 Å². The monoisotopic (exact) mass is 422 g/mol. The van der Waals surface area contributed by atoms with E-state index in [4.69, 9.17) is 16.0 Å². The maximum Gasteiger partial charge on any atom is 0.250 e. The summed E-state index contributed by atoms with van der Waals surface area (Å²) >= 11 is 7.03. The van der Waals surface area contributed by atoms with Crippen LogP contribution in [0.1, 0.15) is 43.1 Å². The summed E-state index contributed by atoms with van der Waals surface area (Å²) < 4.78 is 33.9. The topological polar surface area (TPSA) is 72.2 Å². The Morgan fingerprint density at radius 1 is 1.15 bits per heavy atom. The van der Waals surface area contributed by atoms with Gasteiger partial charge in [-0.15, -0.1) is 11.3 Å². The van der Waals surface area contributed by atoms with Crippen molar-refractivity contribution in [2.24, 2.45) is 0 Å². The van der Waals surface area contributed by atoms with E-state index in [1.165, 1.54) is 24.2 Å². The van der Waals surface area contributed by atoms with Crippen LogP contribution in [0.5, 0.6) is 0 Å². The first-order valence-corrected chi connectivity index (χ1v) is 11.5. The van der Waals surface area contributed by atoms with Gasteiger partial charge in [0.1, 0.15) is 4.21 Å². The lowest BCUT2D eigenvalue weighted by Gasteiger charge is -2.05. The van der Waals surface area contributed by atoms with Crippen LogP contribution < -0.4 is 4.72 Å². The van der Waals surface area contributed by atoms with Gasteiger partial charge in [0.15, 0.2) is 11.7 Å². The van der Waals surface area contributed by atoms with Crippen molar-refractivity contribution in [1.29, 1.82) is 0 Å². The molecule has 1 aliphatic carbocycles. The number of sulfonamides is 1. The second-order valence-electron chi connectivity index (χ2n) is 6.61. The number of oxazole rings is 1. The first-order chi connectivity index (χ1) is 13.0. The van der Waals surface area contributed by atoms with Gasteiger partial charge in [-0.05, 0) is 42.7 Å². The average Bonchev–Trinajstić information content (AvgIpc) is 3.41. The summed E-state index contributed by atoms with van der Waals surface area (Å²) in [6.07, 6.45) is 6.33. The minimum Gasteiger partial charge on any atom is -0.440 e. The van der Waals surface area contributed by atoms with Crippen LogP contribution in [0.2, 0.25) is 5.02 Å². The maximum absolute atomic E-state index is 12.6. The number of hydrogen-bond donors (Lipinski definition) is 1. The van der Waals surface area contributed by atoms with E-state index in [0.29, 0.717) is 16.7 Å². The maximum atomic E-state index is 12.6. The Morgan fingerprint density at radius 2 is 1.89 bits per heavy atom. The molecule has 0 amide bonds. The molecule has 0 unspecified atom stereocenters. The lowest BCUT2D eigenvalue weighted by Crippen LogP contribution is -2.22. The molecule has 1 saturated carbocycles. The van der Waals surface area contributed by atoms with Crippen LogP contribution in [0.3, 0.4) is 0 Å². The van der Waals surface area contributed by atoms with E-state index in [-0.39, 0.29) is 10.8 Å². The number of hydrogen-bond acceptors (Lipinski definition) is 5. The normalized spacial score (nSPS) is 15.4. The van der Waals surface area contributed by atoms with Gasteiger partial charge in [-0.2, -0.15) is 0 Å². The van der Waals surface area contributed by atoms with Crippen molar-refractivity contribution >= 4 is 33.0 Å². The first kappa shape index (κ1) is 18.7. The standard InChI is InChI=1S/C19H19ClN2O3S2/c20-15-7-5-13(6-8-15)11-22-27(23,24)18-10-9-17(26-18)16-12-21-19(25-16)14-3-1-2-4-14/h5-10,12,14,22H,1-4,11H2. The highest BCUT2D eigenvalue weighted by atomic mass is 35.5. The first-order valence-electron chi connectivity index (χ1n) is 8.81. The van der Waals surface area contributed by atoms with Crippen LogP contribution in [0, 0.1) is 0 Å².